The molecule has 0 amide bonds. The normalized spacial score (nSPS) is 11.9. The van der Waals surface area contributed by atoms with Gasteiger partial charge in [0.1, 0.15) is 5.75 Å². The van der Waals surface area contributed by atoms with Gasteiger partial charge in [-0.05, 0) is 24.1 Å². The molecule has 0 radical (unpaired) electrons. The average molecular weight is 233 g/mol. The van der Waals surface area contributed by atoms with Crippen LogP contribution in [-0.4, -0.2) is 19.7 Å². The lowest BCUT2D eigenvalue weighted by molar-refractivity contribution is 0.414. The van der Waals surface area contributed by atoms with E-state index in [0.29, 0.717) is 6.04 Å². The Bertz CT molecular complexity index is 369. The first kappa shape index (κ1) is 13.8. The van der Waals surface area contributed by atoms with E-state index < -0.39 is 0 Å². The SMILES string of the molecule is CCC(=Cc1cccc(OC)c1)CNC(C)C. The predicted octanol–water partition coefficient (Wildman–Crippen LogP) is 3.49. The number of hydrogen-bond acceptors (Lipinski definition) is 2. The third kappa shape index (κ3) is 5.05. The smallest absolute Gasteiger partial charge is 0.119 e. The Morgan fingerprint density at radius 1 is 1.41 bits per heavy atom. The van der Waals surface area contributed by atoms with Crippen molar-refractivity contribution in [3.63, 3.8) is 0 Å². The third-order valence-corrected chi connectivity index (χ3v) is 2.66. The second kappa shape index (κ2) is 7.13. The Labute approximate surface area is 105 Å². The Morgan fingerprint density at radius 3 is 2.76 bits per heavy atom. The number of ether oxygens (including phenoxy) is 1. The maximum atomic E-state index is 5.22. The highest BCUT2D eigenvalue weighted by atomic mass is 16.5. The first-order valence-corrected chi connectivity index (χ1v) is 6.22. The topological polar surface area (TPSA) is 21.3 Å². The molecule has 0 saturated carbocycles. The molecular formula is C15H23NO. The van der Waals surface area contributed by atoms with Crippen LogP contribution < -0.4 is 10.1 Å². The van der Waals surface area contributed by atoms with Crippen molar-refractivity contribution in [1.82, 2.24) is 5.32 Å². The molecule has 1 rings (SSSR count). The molecule has 0 atom stereocenters. The zero-order chi connectivity index (χ0) is 12.7. The minimum Gasteiger partial charge on any atom is -0.497 e. The Morgan fingerprint density at radius 2 is 2.18 bits per heavy atom. The molecule has 0 aliphatic carbocycles. The monoisotopic (exact) mass is 233 g/mol. The van der Waals surface area contributed by atoms with Crippen LogP contribution in [-0.2, 0) is 0 Å². The lowest BCUT2D eigenvalue weighted by Gasteiger charge is -2.10. The van der Waals surface area contributed by atoms with Crippen LogP contribution in [0.3, 0.4) is 0 Å². The molecule has 0 spiro atoms. The molecule has 0 unspecified atom stereocenters. The van der Waals surface area contributed by atoms with Crippen LogP contribution in [0.2, 0.25) is 0 Å². The van der Waals surface area contributed by atoms with Crippen LogP contribution in [0, 0.1) is 0 Å². The lowest BCUT2D eigenvalue weighted by Crippen LogP contribution is -2.24. The van der Waals surface area contributed by atoms with Gasteiger partial charge in [-0.1, -0.05) is 44.6 Å². The van der Waals surface area contributed by atoms with Crippen molar-refractivity contribution in [1.29, 1.82) is 0 Å². The number of nitrogens with one attached hydrogen (secondary N) is 1. The lowest BCUT2D eigenvalue weighted by atomic mass is 10.1. The number of hydrogen-bond donors (Lipinski definition) is 1. The largest absolute Gasteiger partial charge is 0.497 e. The Balaban J connectivity index is 2.75. The van der Waals surface area contributed by atoms with E-state index in [1.165, 1.54) is 11.1 Å². The van der Waals surface area contributed by atoms with Crippen LogP contribution in [0.15, 0.2) is 29.8 Å². The van der Waals surface area contributed by atoms with Crippen molar-refractivity contribution in [3.8, 4) is 5.75 Å². The summed E-state index contributed by atoms with van der Waals surface area (Å²) in [6.45, 7) is 7.47. The fraction of sp³-hybridized carbons (Fsp3) is 0.467. The van der Waals surface area contributed by atoms with Crippen LogP contribution in [0.25, 0.3) is 6.08 Å². The predicted molar refractivity (Wildman–Crippen MR) is 74.4 cm³/mol. The highest BCUT2D eigenvalue weighted by molar-refractivity contribution is 5.55. The molecule has 1 N–H and O–H groups in total. The number of methoxy groups -OCH3 is 1. The Kier molecular flexibility index (Phi) is 5.78. The van der Waals surface area contributed by atoms with Gasteiger partial charge < -0.3 is 10.1 Å². The van der Waals surface area contributed by atoms with Crippen molar-refractivity contribution in [3.05, 3.63) is 35.4 Å². The van der Waals surface area contributed by atoms with Gasteiger partial charge >= 0.3 is 0 Å². The molecular weight excluding hydrogens is 210 g/mol. The van der Waals surface area contributed by atoms with E-state index in [0.717, 1.165) is 18.7 Å². The zero-order valence-corrected chi connectivity index (χ0v) is 11.3. The summed E-state index contributed by atoms with van der Waals surface area (Å²) in [5.41, 5.74) is 2.61. The van der Waals surface area contributed by atoms with Gasteiger partial charge in [0, 0.05) is 12.6 Å². The molecule has 94 valence electrons. The summed E-state index contributed by atoms with van der Waals surface area (Å²) in [7, 11) is 1.70. The van der Waals surface area contributed by atoms with Gasteiger partial charge in [0.05, 0.1) is 7.11 Å². The molecule has 0 aliphatic heterocycles. The molecule has 17 heavy (non-hydrogen) atoms. The van der Waals surface area contributed by atoms with E-state index in [1.807, 2.05) is 12.1 Å². The van der Waals surface area contributed by atoms with Gasteiger partial charge in [-0.15, -0.1) is 0 Å². The first-order valence-electron chi connectivity index (χ1n) is 6.22. The molecule has 1 aromatic rings. The standard InChI is InChI=1S/C15H23NO/c1-5-13(11-16-12(2)3)9-14-7-6-8-15(10-14)17-4/h6-10,12,16H,5,11H2,1-4H3. The van der Waals surface area contributed by atoms with Crippen molar-refractivity contribution in [2.45, 2.75) is 33.2 Å². The summed E-state index contributed by atoms with van der Waals surface area (Å²) in [5, 5.41) is 3.45. The second-order valence-corrected chi connectivity index (χ2v) is 4.47. The van der Waals surface area contributed by atoms with Crippen LogP contribution >= 0.6 is 0 Å². The van der Waals surface area contributed by atoms with E-state index >= 15 is 0 Å². The molecule has 0 aliphatic rings. The molecule has 0 aromatic heterocycles. The molecule has 2 heteroatoms. The highest BCUT2D eigenvalue weighted by Crippen LogP contribution is 2.16. The van der Waals surface area contributed by atoms with Gasteiger partial charge in [0.15, 0.2) is 0 Å². The summed E-state index contributed by atoms with van der Waals surface area (Å²) in [4.78, 5) is 0. The van der Waals surface area contributed by atoms with E-state index in [9.17, 15) is 0 Å². The Hall–Kier alpha value is -1.28. The average Bonchev–Trinajstić information content (AvgIpc) is 2.34. The number of rotatable bonds is 6. The maximum absolute atomic E-state index is 5.22. The van der Waals surface area contributed by atoms with Gasteiger partial charge in [-0.2, -0.15) is 0 Å². The van der Waals surface area contributed by atoms with Crippen LogP contribution in [0.4, 0.5) is 0 Å². The van der Waals surface area contributed by atoms with Gasteiger partial charge in [-0.25, -0.2) is 0 Å². The quantitative estimate of drug-likeness (QED) is 0.812. The molecule has 0 fully saturated rings. The highest BCUT2D eigenvalue weighted by Gasteiger charge is 1.98. The van der Waals surface area contributed by atoms with Crippen molar-refractivity contribution in [2.24, 2.45) is 0 Å². The van der Waals surface area contributed by atoms with Gasteiger partial charge in [-0.3, -0.25) is 0 Å². The van der Waals surface area contributed by atoms with E-state index in [2.05, 4.69) is 44.3 Å². The first-order chi connectivity index (χ1) is 8.15. The van der Waals surface area contributed by atoms with Crippen molar-refractivity contribution in [2.75, 3.05) is 13.7 Å². The molecule has 1 aromatic carbocycles. The summed E-state index contributed by atoms with van der Waals surface area (Å²) < 4.78 is 5.22. The van der Waals surface area contributed by atoms with Crippen molar-refractivity contribution >= 4 is 6.08 Å². The van der Waals surface area contributed by atoms with E-state index in [4.69, 9.17) is 4.74 Å². The minimum absolute atomic E-state index is 0.523. The fourth-order valence-corrected chi connectivity index (χ4v) is 1.58. The summed E-state index contributed by atoms with van der Waals surface area (Å²) >= 11 is 0. The summed E-state index contributed by atoms with van der Waals surface area (Å²) in [6, 6.07) is 8.68. The molecule has 0 heterocycles. The molecule has 0 bridgehead atoms. The van der Waals surface area contributed by atoms with Gasteiger partial charge in [0.2, 0.25) is 0 Å². The molecule has 0 saturated heterocycles. The summed E-state index contributed by atoms with van der Waals surface area (Å²) in [5.74, 6) is 0.908. The van der Waals surface area contributed by atoms with Gasteiger partial charge in [0.25, 0.3) is 0 Å². The maximum Gasteiger partial charge on any atom is 0.119 e. The minimum atomic E-state index is 0.523. The van der Waals surface area contributed by atoms with Crippen LogP contribution in [0.1, 0.15) is 32.8 Å². The van der Waals surface area contributed by atoms with E-state index in [-0.39, 0.29) is 0 Å². The van der Waals surface area contributed by atoms with E-state index in [1.54, 1.807) is 7.11 Å². The number of benzene rings is 1. The van der Waals surface area contributed by atoms with Crippen LogP contribution in [0.5, 0.6) is 5.75 Å². The zero-order valence-electron chi connectivity index (χ0n) is 11.3. The fourth-order valence-electron chi connectivity index (χ4n) is 1.58. The summed E-state index contributed by atoms with van der Waals surface area (Å²) in [6.07, 6.45) is 3.30. The van der Waals surface area contributed by atoms with Crippen molar-refractivity contribution < 1.29 is 4.74 Å². The second-order valence-electron chi connectivity index (χ2n) is 4.47. The third-order valence-electron chi connectivity index (χ3n) is 2.66. The molecule has 2 nitrogen and oxygen atoms in total.